The number of anilines is 1. The Hall–Kier alpha value is -1.12. The van der Waals surface area contributed by atoms with Gasteiger partial charge in [0.1, 0.15) is 0 Å². The van der Waals surface area contributed by atoms with E-state index in [-0.39, 0.29) is 0 Å². The zero-order valence-corrected chi connectivity index (χ0v) is 11.2. The van der Waals surface area contributed by atoms with Crippen LogP contribution >= 0.6 is 0 Å². The molecule has 0 aliphatic rings. The zero-order chi connectivity index (χ0) is 12.1. The molecule has 0 unspecified atom stereocenters. The molecule has 1 aromatic heterocycles. The molecule has 1 heterocycles. The van der Waals surface area contributed by atoms with E-state index in [4.69, 9.17) is 0 Å². The molecule has 3 nitrogen and oxygen atoms in total. The molecule has 0 fully saturated rings. The molecule has 3 heteroatoms. The van der Waals surface area contributed by atoms with Crippen molar-refractivity contribution in [2.45, 2.75) is 46.5 Å². The Morgan fingerprint density at radius 3 is 2.31 bits per heavy atom. The van der Waals surface area contributed by atoms with Crippen molar-refractivity contribution < 1.29 is 0 Å². The highest BCUT2D eigenvalue weighted by molar-refractivity contribution is 5.34. The zero-order valence-electron chi connectivity index (χ0n) is 11.2. The van der Waals surface area contributed by atoms with E-state index in [2.05, 4.69) is 30.7 Å². The second-order valence-electron chi connectivity index (χ2n) is 4.53. The molecule has 0 N–H and O–H groups in total. The molecular formula is C13H23N3. The Kier molecular flexibility index (Phi) is 4.71. The first-order valence-corrected chi connectivity index (χ1v) is 6.07. The summed E-state index contributed by atoms with van der Waals surface area (Å²) in [5.41, 5.74) is 3.57. The van der Waals surface area contributed by atoms with Crippen LogP contribution in [0.15, 0.2) is 0 Å². The maximum atomic E-state index is 4.62. The van der Waals surface area contributed by atoms with Crippen LogP contribution in [0, 0.1) is 13.8 Å². The predicted octanol–water partition coefficient (Wildman–Crippen LogP) is 2.89. The lowest BCUT2D eigenvalue weighted by Crippen LogP contribution is -2.15. The highest BCUT2D eigenvalue weighted by Crippen LogP contribution is 2.16. The van der Waals surface area contributed by atoms with E-state index in [0.29, 0.717) is 0 Å². The van der Waals surface area contributed by atoms with E-state index < -0.39 is 0 Å². The van der Waals surface area contributed by atoms with Crippen LogP contribution in [-0.4, -0.2) is 24.1 Å². The maximum absolute atomic E-state index is 4.62. The third-order valence-electron chi connectivity index (χ3n) is 2.90. The molecule has 0 radical (unpaired) electrons. The summed E-state index contributed by atoms with van der Waals surface area (Å²) in [5, 5.41) is 0. The van der Waals surface area contributed by atoms with Crippen LogP contribution in [0.3, 0.4) is 0 Å². The average Bonchev–Trinajstić information content (AvgIpc) is 2.24. The number of unbranched alkanes of at least 4 members (excludes halogenated alkanes) is 2. The van der Waals surface area contributed by atoms with Gasteiger partial charge in [0.25, 0.3) is 0 Å². The van der Waals surface area contributed by atoms with Gasteiger partial charge in [0, 0.05) is 25.5 Å². The molecule has 1 rings (SSSR count). The highest BCUT2D eigenvalue weighted by Gasteiger charge is 2.08. The third kappa shape index (κ3) is 3.19. The summed E-state index contributed by atoms with van der Waals surface area (Å²) < 4.78 is 0. The molecule has 0 amide bonds. The smallest absolute Gasteiger partial charge is 0.225 e. The number of hydrogen-bond acceptors (Lipinski definition) is 3. The van der Waals surface area contributed by atoms with Gasteiger partial charge in [-0.2, -0.15) is 0 Å². The van der Waals surface area contributed by atoms with Crippen LogP contribution in [0.25, 0.3) is 0 Å². The number of rotatable bonds is 5. The molecule has 0 aliphatic heterocycles. The van der Waals surface area contributed by atoms with Gasteiger partial charge in [-0.1, -0.05) is 19.8 Å². The number of aromatic nitrogens is 2. The van der Waals surface area contributed by atoms with Crippen molar-refractivity contribution in [2.75, 3.05) is 19.0 Å². The van der Waals surface area contributed by atoms with E-state index in [1.807, 2.05) is 19.0 Å². The maximum Gasteiger partial charge on any atom is 0.225 e. The van der Waals surface area contributed by atoms with E-state index in [1.165, 1.54) is 30.5 Å². The lowest BCUT2D eigenvalue weighted by molar-refractivity contribution is 0.700. The van der Waals surface area contributed by atoms with E-state index in [0.717, 1.165) is 18.1 Å². The van der Waals surface area contributed by atoms with Crippen LogP contribution in [0.2, 0.25) is 0 Å². The van der Waals surface area contributed by atoms with Crippen LogP contribution in [0.4, 0.5) is 5.95 Å². The number of hydrogen-bond donors (Lipinski definition) is 0. The molecule has 0 atom stereocenters. The van der Waals surface area contributed by atoms with Gasteiger partial charge in [-0.15, -0.1) is 0 Å². The lowest BCUT2D eigenvalue weighted by Gasteiger charge is -2.14. The Bertz CT molecular complexity index is 345. The van der Waals surface area contributed by atoms with Crippen molar-refractivity contribution in [3.8, 4) is 0 Å². The largest absolute Gasteiger partial charge is 0.347 e. The predicted molar refractivity (Wildman–Crippen MR) is 69.1 cm³/mol. The quantitative estimate of drug-likeness (QED) is 0.716. The molecule has 90 valence electrons. The van der Waals surface area contributed by atoms with E-state index in [1.54, 1.807) is 0 Å². The molecule has 0 aliphatic carbocycles. The molecule has 16 heavy (non-hydrogen) atoms. The fourth-order valence-corrected chi connectivity index (χ4v) is 1.66. The van der Waals surface area contributed by atoms with Crippen LogP contribution in [0.5, 0.6) is 0 Å². The van der Waals surface area contributed by atoms with Crippen LogP contribution < -0.4 is 4.90 Å². The van der Waals surface area contributed by atoms with Gasteiger partial charge < -0.3 is 4.90 Å². The summed E-state index contributed by atoms with van der Waals surface area (Å²) in [4.78, 5) is 11.1. The fraction of sp³-hybridized carbons (Fsp3) is 0.692. The summed E-state index contributed by atoms with van der Waals surface area (Å²) in [7, 11) is 3.97. The van der Waals surface area contributed by atoms with Gasteiger partial charge in [-0.05, 0) is 32.3 Å². The van der Waals surface area contributed by atoms with Crippen molar-refractivity contribution in [3.05, 3.63) is 17.0 Å². The molecule has 0 aromatic carbocycles. The minimum absolute atomic E-state index is 0.828. The minimum Gasteiger partial charge on any atom is -0.347 e. The Balaban J connectivity index is 2.88. The Morgan fingerprint density at radius 1 is 1.06 bits per heavy atom. The molecule has 0 saturated heterocycles. The van der Waals surface area contributed by atoms with E-state index in [9.17, 15) is 0 Å². The Morgan fingerprint density at radius 2 is 1.75 bits per heavy atom. The first-order valence-electron chi connectivity index (χ1n) is 6.07. The van der Waals surface area contributed by atoms with Crippen molar-refractivity contribution in [1.82, 2.24) is 9.97 Å². The van der Waals surface area contributed by atoms with Crippen molar-refractivity contribution in [1.29, 1.82) is 0 Å². The molecule has 0 bridgehead atoms. The summed E-state index contributed by atoms with van der Waals surface area (Å²) in [6, 6.07) is 0. The normalized spacial score (nSPS) is 10.6. The monoisotopic (exact) mass is 221 g/mol. The minimum atomic E-state index is 0.828. The van der Waals surface area contributed by atoms with Crippen molar-refractivity contribution >= 4 is 5.95 Å². The van der Waals surface area contributed by atoms with Gasteiger partial charge in [0.15, 0.2) is 0 Å². The number of nitrogens with zero attached hydrogens (tertiary/aromatic N) is 3. The summed E-state index contributed by atoms with van der Waals surface area (Å²) >= 11 is 0. The van der Waals surface area contributed by atoms with Gasteiger partial charge in [0.05, 0.1) is 0 Å². The summed E-state index contributed by atoms with van der Waals surface area (Å²) in [5.74, 6) is 0.828. The first kappa shape index (κ1) is 12.9. The van der Waals surface area contributed by atoms with Gasteiger partial charge in [0.2, 0.25) is 5.95 Å². The summed E-state index contributed by atoms with van der Waals surface area (Å²) in [6.07, 6.45) is 4.83. The second-order valence-corrected chi connectivity index (χ2v) is 4.53. The highest BCUT2D eigenvalue weighted by atomic mass is 15.2. The molecular weight excluding hydrogens is 198 g/mol. The fourth-order valence-electron chi connectivity index (χ4n) is 1.66. The SMILES string of the molecule is CCCCCc1nc(N(C)C)nc(C)c1C. The lowest BCUT2D eigenvalue weighted by atomic mass is 10.1. The summed E-state index contributed by atoms with van der Waals surface area (Å²) in [6.45, 7) is 6.41. The van der Waals surface area contributed by atoms with Crippen molar-refractivity contribution in [3.63, 3.8) is 0 Å². The van der Waals surface area contributed by atoms with Gasteiger partial charge >= 0.3 is 0 Å². The van der Waals surface area contributed by atoms with Crippen LogP contribution in [0.1, 0.15) is 43.1 Å². The van der Waals surface area contributed by atoms with Gasteiger partial charge in [-0.25, -0.2) is 9.97 Å². The van der Waals surface area contributed by atoms with Gasteiger partial charge in [-0.3, -0.25) is 0 Å². The molecule has 0 saturated carbocycles. The standard InChI is InChI=1S/C13H23N3/c1-6-7-8-9-12-10(2)11(3)14-13(15-12)16(4)5/h6-9H2,1-5H3. The van der Waals surface area contributed by atoms with Crippen molar-refractivity contribution in [2.24, 2.45) is 0 Å². The molecule has 1 aromatic rings. The topological polar surface area (TPSA) is 29.0 Å². The van der Waals surface area contributed by atoms with E-state index >= 15 is 0 Å². The third-order valence-corrected chi connectivity index (χ3v) is 2.90. The number of aryl methyl sites for hydroxylation is 2. The van der Waals surface area contributed by atoms with Crippen LogP contribution in [-0.2, 0) is 6.42 Å². The Labute approximate surface area is 98.9 Å². The second kappa shape index (κ2) is 5.83. The average molecular weight is 221 g/mol. The molecule has 0 spiro atoms. The first-order chi connectivity index (χ1) is 7.56.